The third kappa shape index (κ3) is 3.04. The van der Waals surface area contributed by atoms with Crippen LogP contribution in [0.4, 0.5) is 0 Å². The van der Waals surface area contributed by atoms with Gasteiger partial charge in [-0.05, 0) is 36.4 Å². The van der Waals surface area contributed by atoms with Crippen LogP contribution < -0.4 is 5.32 Å². The summed E-state index contributed by atoms with van der Waals surface area (Å²) in [4.78, 5) is 16.6. The number of aryl methyl sites for hydroxylation is 2. The van der Waals surface area contributed by atoms with Crippen molar-refractivity contribution in [3.05, 3.63) is 65.2 Å². The molecule has 0 fully saturated rings. The van der Waals surface area contributed by atoms with Gasteiger partial charge in [-0.2, -0.15) is 5.10 Å². The molecule has 3 aromatic heterocycles. The molecule has 3 heterocycles. The lowest BCUT2D eigenvalue weighted by Gasteiger charge is -2.06. The fraction of sp³-hybridized carbons (Fsp3) is 0.211. The van der Waals surface area contributed by atoms with Crippen LogP contribution >= 0.6 is 11.6 Å². The van der Waals surface area contributed by atoms with E-state index < -0.39 is 0 Å². The highest BCUT2D eigenvalue weighted by molar-refractivity contribution is 6.36. The van der Waals surface area contributed by atoms with E-state index in [0.717, 1.165) is 18.5 Å². The molecule has 0 saturated carbocycles. The second-order valence-corrected chi connectivity index (χ2v) is 6.62. The number of benzene rings is 1. The van der Waals surface area contributed by atoms with Gasteiger partial charge in [-0.15, -0.1) is 0 Å². The lowest BCUT2D eigenvalue weighted by Crippen LogP contribution is -2.26. The predicted octanol–water partition coefficient (Wildman–Crippen LogP) is 3.47. The first-order chi connectivity index (χ1) is 12.6. The number of fused-ring (bicyclic) bond motifs is 2. The zero-order valence-electron chi connectivity index (χ0n) is 14.3. The third-order valence-electron chi connectivity index (χ3n) is 4.30. The van der Waals surface area contributed by atoms with Crippen molar-refractivity contribution in [3.63, 3.8) is 0 Å². The van der Waals surface area contributed by atoms with Crippen LogP contribution in [0.3, 0.4) is 0 Å². The highest BCUT2D eigenvalue weighted by Gasteiger charge is 2.18. The van der Waals surface area contributed by atoms with Gasteiger partial charge in [0.25, 0.3) is 5.91 Å². The van der Waals surface area contributed by atoms with Crippen molar-refractivity contribution >= 4 is 34.1 Å². The Morgan fingerprint density at radius 1 is 1.27 bits per heavy atom. The van der Waals surface area contributed by atoms with Crippen LogP contribution in [0.5, 0.6) is 0 Å². The van der Waals surface area contributed by atoms with E-state index in [4.69, 9.17) is 11.6 Å². The predicted molar refractivity (Wildman–Crippen MR) is 102 cm³/mol. The van der Waals surface area contributed by atoms with Gasteiger partial charge >= 0.3 is 0 Å². The van der Waals surface area contributed by atoms with Crippen molar-refractivity contribution in [1.82, 2.24) is 24.5 Å². The molecule has 1 N–H and O–H groups in total. The number of halogens is 1. The fourth-order valence-electron chi connectivity index (χ4n) is 3.02. The quantitative estimate of drug-likeness (QED) is 0.549. The molecule has 6 nitrogen and oxygen atoms in total. The molecule has 0 unspecified atom stereocenters. The molecule has 0 spiro atoms. The van der Waals surface area contributed by atoms with E-state index in [-0.39, 0.29) is 16.6 Å². The van der Waals surface area contributed by atoms with Crippen LogP contribution in [0, 0.1) is 6.92 Å². The number of carbonyl (C=O) groups is 1. The standard InChI is InChI=1S/C19H18ClN5O/c1-13-11-22-18-16(20)17(23-25(18)12-13)19(26)21-8-4-9-24-10-7-14-5-2-3-6-15(14)24/h2-3,5-7,10-12H,4,8-9H2,1H3,(H,21,26). The lowest BCUT2D eigenvalue weighted by atomic mass is 10.2. The minimum absolute atomic E-state index is 0.205. The first kappa shape index (κ1) is 16.6. The van der Waals surface area contributed by atoms with Crippen molar-refractivity contribution in [2.45, 2.75) is 19.9 Å². The van der Waals surface area contributed by atoms with Gasteiger partial charge in [0, 0.05) is 37.2 Å². The number of amides is 1. The van der Waals surface area contributed by atoms with Crippen LogP contribution in [0.25, 0.3) is 16.6 Å². The summed E-state index contributed by atoms with van der Waals surface area (Å²) in [5, 5.41) is 8.63. The highest BCUT2D eigenvalue weighted by atomic mass is 35.5. The molecule has 132 valence electrons. The first-order valence-corrected chi connectivity index (χ1v) is 8.84. The Morgan fingerprint density at radius 3 is 3.00 bits per heavy atom. The number of nitrogens with one attached hydrogen (secondary N) is 1. The monoisotopic (exact) mass is 367 g/mol. The summed E-state index contributed by atoms with van der Waals surface area (Å²) in [7, 11) is 0. The smallest absolute Gasteiger partial charge is 0.273 e. The number of nitrogens with zero attached hydrogens (tertiary/aromatic N) is 4. The second kappa shape index (κ2) is 6.80. The van der Waals surface area contributed by atoms with Gasteiger partial charge in [-0.25, -0.2) is 9.50 Å². The maximum Gasteiger partial charge on any atom is 0.273 e. The molecule has 0 aliphatic heterocycles. The number of hydrogen-bond acceptors (Lipinski definition) is 3. The van der Waals surface area contributed by atoms with E-state index in [9.17, 15) is 4.79 Å². The summed E-state index contributed by atoms with van der Waals surface area (Å²) < 4.78 is 3.73. The van der Waals surface area contributed by atoms with E-state index in [1.165, 1.54) is 10.9 Å². The number of carbonyl (C=O) groups excluding carboxylic acids is 1. The SMILES string of the molecule is Cc1cnc2c(Cl)c(C(=O)NCCCn3ccc4ccccc43)nn2c1. The maximum atomic E-state index is 12.4. The molecule has 0 bridgehead atoms. The summed E-state index contributed by atoms with van der Waals surface area (Å²) in [6, 6.07) is 10.3. The average Bonchev–Trinajstić information content (AvgIpc) is 3.20. The molecule has 26 heavy (non-hydrogen) atoms. The molecule has 1 aromatic carbocycles. The summed E-state index contributed by atoms with van der Waals surface area (Å²) in [5.74, 6) is -0.282. The van der Waals surface area contributed by atoms with Gasteiger partial charge in [-0.1, -0.05) is 29.8 Å². The molecule has 0 atom stereocenters. The summed E-state index contributed by atoms with van der Waals surface area (Å²) in [5.41, 5.74) is 2.84. The Balaban J connectivity index is 1.39. The van der Waals surface area contributed by atoms with E-state index in [2.05, 4.69) is 44.4 Å². The van der Waals surface area contributed by atoms with Gasteiger partial charge in [0.1, 0.15) is 5.02 Å². The van der Waals surface area contributed by atoms with Crippen LogP contribution in [-0.4, -0.2) is 31.6 Å². The highest BCUT2D eigenvalue weighted by Crippen LogP contribution is 2.20. The number of rotatable bonds is 5. The summed E-state index contributed by atoms with van der Waals surface area (Å²) >= 11 is 6.25. The van der Waals surface area contributed by atoms with Crippen molar-refractivity contribution < 1.29 is 4.79 Å². The third-order valence-corrected chi connectivity index (χ3v) is 4.65. The van der Waals surface area contributed by atoms with Crippen LogP contribution in [0.2, 0.25) is 5.02 Å². The number of aromatic nitrogens is 4. The molecule has 1 amide bonds. The van der Waals surface area contributed by atoms with Gasteiger partial charge in [0.2, 0.25) is 0 Å². The topological polar surface area (TPSA) is 64.2 Å². The van der Waals surface area contributed by atoms with E-state index in [1.54, 1.807) is 16.9 Å². The normalized spacial score (nSPS) is 11.3. The van der Waals surface area contributed by atoms with Crippen molar-refractivity contribution in [3.8, 4) is 0 Å². The Kier molecular flexibility index (Phi) is 4.34. The van der Waals surface area contributed by atoms with Crippen LogP contribution in [-0.2, 0) is 6.54 Å². The van der Waals surface area contributed by atoms with Gasteiger partial charge in [0.15, 0.2) is 11.3 Å². The Bertz CT molecular complexity index is 1100. The fourth-order valence-corrected chi connectivity index (χ4v) is 3.28. The summed E-state index contributed by atoms with van der Waals surface area (Å²) in [6.45, 7) is 3.28. The van der Waals surface area contributed by atoms with Crippen LogP contribution in [0.1, 0.15) is 22.5 Å². The molecule has 0 saturated heterocycles. The molecule has 0 radical (unpaired) electrons. The van der Waals surface area contributed by atoms with Crippen molar-refractivity contribution in [2.24, 2.45) is 0 Å². The van der Waals surface area contributed by atoms with E-state index in [0.29, 0.717) is 12.2 Å². The zero-order chi connectivity index (χ0) is 18.1. The van der Waals surface area contributed by atoms with Gasteiger partial charge in [-0.3, -0.25) is 4.79 Å². The van der Waals surface area contributed by atoms with Crippen molar-refractivity contribution in [1.29, 1.82) is 0 Å². The molecule has 0 aliphatic rings. The minimum atomic E-state index is -0.282. The minimum Gasteiger partial charge on any atom is -0.351 e. The Morgan fingerprint density at radius 2 is 2.12 bits per heavy atom. The molecular weight excluding hydrogens is 350 g/mol. The number of para-hydroxylation sites is 1. The van der Waals surface area contributed by atoms with Crippen molar-refractivity contribution in [2.75, 3.05) is 6.54 Å². The molecule has 7 heteroatoms. The Hall–Kier alpha value is -2.86. The molecule has 4 rings (SSSR count). The average molecular weight is 368 g/mol. The summed E-state index contributed by atoms with van der Waals surface area (Å²) in [6.07, 6.45) is 6.38. The van der Waals surface area contributed by atoms with Gasteiger partial charge in [0.05, 0.1) is 0 Å². The molecule has 0 aliphatic carbocycles. The first-order valence-electron chi connectivity index (χ1n) is 8.46. The molecule has 4 aromatic rings. The van der Waals surface area contributed by atoms with E-state index >= 15 is 0 Å². The maximum absolute atomic E-state index is 12.4. The van der Waals surface area contributed by atoms with E-state index in [1.807, 2.05) is 19.1 Å². The second-order valence-electron chi connectivity index (χ2n) is 6.24. The van der Waals surface area contributed by atoms with Gasteiger partial charge < -0.3 is 9.88 Å². The Labute approximate surface area is 155 Å². The zero-order valence-corrected chi connectivity index (χ0v) is 15.1. The number of hydrogen-bond donors (Lipinski definition) is 1. The largest absolute Gasteiger partial charge is 0.351 e. The molecular formula is C19H18ClN5O. The van der Waals surface area contributed by atoms with Crippen LogP contribution in [0.15, 0.2) is 48.9 Å². The lowest BCUT2D eigenvalue weighted by molar-refractivity contribution is 0.0947.